The first-order chi connectivity index (χ1) is 14.7. The largest absolute Gasteiger partial charge is 0.489 e. The number of hydrogen-bond donors (Lipinski definition) is 0. The van der Waals surface area contributed by atoms with Crippen molar-refractivity contribution in [3.8, 4) is 5.75 Å². The number of piperazine rings is 1. The Morgan fingerprint density at radius 1 is 0.833 bits per heavy atom. The van der Waals surface area contributed by atoms with Gasteiger partial charge in [-0.15, -0.1) is 0 Å². The molecule has 0 unspecified atom stereocenters. The van der Waals surface area contributed by atoms with Gasteiger partial charge >= 0.3 is 0 Å². The Kier molecular flexibility index (Phi) is 6.45. The van der Waals surface area contributed by atoms with Crippen molar-refractivity contribution in [2.75, 3.05) is 31.1 Å². The number of Topliss-reactive ketones (excluding diaryl/α,β-unsaturated/α-hetero) is 1. The fraction of sp³-hybridized carbons (Fsp3) is 0.269. The second-order valence-corrected chi connectivity index (χ2v) is 7.79. The number of ketones is 1. The van der Waals surface area contributed by atoms with Crippen molar-refractivity contribution in [1.82, 2.24) is 4.90 Å². The number of ether oxygens (including phenoxy) is 1. The molecule has 0 saturated carbocycles. The molecule has 0 amide bonds. The predicted octanol–water partition coefficient (Wildman–Crippen LogP) is 4.79. The standard InChI is InChI=1S/C26H28N2O2/c1-21(29)24-10-12-25(13-11-24)28-16-14-27(15-17-28)19-23-8-5-9-26(18-23)30-20-22-6-3-2-4-7-22/h2-13,18H,14-17,19-20H2,1H3. The molecule has 1 fully saturated rings. The van der Waals surface area contributed by atoms with Crippen LogP contribution in [0.15, 0.2) is 78.9 Å². The van der Waals surface area contributed by atoms with Crippen LogP contribution in [-0.4, -0.2) is 36.9 Å². The van der Waals surface area contributed by atoms with Crippen LogP contribution in [0.5, 0.6) is 5.75 Å². The van der Waals surface area contributed by atoms with Gasteiger partial charge in [0.1, 0.15) is 12.4 Å². The first-order valence-corrected chi connectivity index (χ1v) is 10.5. The van der Waals surface area contributed by atoms with Gasteiger partial charge in [0, 0.05) is 44.0 Å². The summed E-state index contributed by atoms with van der Waals surface area (Å²) in [5.74, 6) is 1.03. The molecule has 1 aliphatic heterocycles. The van der Waals surface area contributed by atoms with Gasteiger partial charge in [-0.2, -0.15) is 0 Å². The van der Waals surface area contributed by atoms with Crippen molar-refractivity contribution in [2.24, 2.45) is 0 Å². The van der Waals surface area contributed by atoms with Crippen LogP contribution >= 0.6 is 0 Å². The normalized spacial score (nSPS) is 14.5. The van der Waals surface area contributed by atoms with Gasteiger partial charge in [0.15, 0.2) is 5.78 Å². The zero-order valence-corrected chi connectivity index (χ0v) is 17.5. The van der Waals surface area contributed by atoms with E-state index in [4.69, 9.17) is 4.74 Å². The van der Waals surface area contributed by atoms with Crippen molar-refractivity contribution in [2.45, 2.75) is 20.1 Å². The monoisotopic (exact) mass is 400 g/mol. The molecular weight excluding hydrogens is 372 g/mol. The van der Waals surface area contributed by atoms with Gasteiger partial charge < -0.3 is 9.64 Å². The Morgan fingerprint density at radius 2 is 1.53 bits per heavy atom. The van der Waals surface area contributed by atoms with Gasteiger partial charge in [-0.1, -0.05) is 42.5 Å². The maximum atomic E-state index is 11.5. The minimum atomic E-state index is 0.112. The topological polar surface area (TPSA) is 32.8 Å². The third-order valence-corrected chi connectivity index (χ3v) is 5.56. The van der Waals surface area contributed by atoms with E-state index >= 15 is 0 Å². The average Bonchev–Trinajstić information content (AvgIpc) is 2.79. The molecule has 1 aliphatic rings. The number of nitrogens with zero attached hydrogens (tertiary/aromatic N) is 2. The number of benzene rings is 3. The van der Waals surface area contributed by atoms with Crippen molar-refractivity contribution >= 4 is 11.5 Å². The lowest BCUT2D eigenvalue weighted by atomic mass is 10.1. The summed E-state index contributed by atoms with van der Waals surface area (Å²) in [4.78, 5) is 16.3. The summed E-state index contributed by atoms with van der Waals surface area (Å²) >= 11 is 0. The second kappa shape index (κ2) is 9.59. The van der Waals surface area contributed by atoms with Gasteiger partial charge in [-0.25, -0.2) is 0 Å². The van der Waals surface area contributed by atoms with E-state index in [2.05, 4.69) is 52.3 Å². The molecular formula is C26H28N2O2. The summed E-state index contributed by atoms with van der Waals surface area (Å²) in [6.45, 7) is 7.14. The zero-order valence-electron chi connectivity index (χ0n) is 17.5. The van der Waals surface area contributed by atoms with Crippen molar-refractivity contribution in [3.63, 3.8) is 0 Å². The summed E-state index contributed by atoms with van der Waals surface area (Å²) in [5, 5.41) is 0. The maximum Gasteiger partial charge on any atom is 0.159 e. The van der Waals surface area contributed by atoms with E-state index in [9.17, 15) is 4.79 Å². The molecule has 0 bridgehead atoms. The third kappa shape index (κ3) is 5.28. The molecule has 4 heteroatoms. The molecule has 154 valence electrons. The number of carbonyl (C=O) groups is 1. The Bertz CT molecular complexity index is 962. The molecule has 0 spiro atoms. The molecule has 3 aromatic carbocycles. The van der Waals surface area contributed by atoms with Crippen LogP contribution < -0.4 is 9.64 Å². The molecule has 0 radical (unpaired) electrons. The summed E-state index contributed by atoms with van der Waals surface area (Å²) < 4.78 is 5.97. The maximum absolute atomic E-state index is 11.5. The number of hydrogen-bond acceptors (Lipinski definition) is 4. The molecule has 4 nitrogen and oxygen atoms in total. The van der Waals surface area contributed by atoms with Crippen LogP contribution in [0.1, 0.15) is 28.4 Å². The van der Waals surface area contributed by atoms with E-state index in [0.29, 0.717) is 6.61 Å². The van der Waals surface area contributed by atoms with E-state index in [0.717, 1.165) is 44.0 Å². The smallest absolute Gasteiger partial charge is 0.159 e. The molecule has 3 aromatic rings. The minimum Gasteiger partial charge on any atom is -0.489 e. The predicted molar refractivity (Wildman–Crippen MR) is 121 cm³/mol. The Hall–Kier alpha value is -3.11. The first-order valence-electron chi connectivity index (χ1n) is 10.5. The Balaban J connectivity index is 1.29. The molecule has 1 saturated heterocycles. The molecule has 1 heterocycles. The summed E-state index contributed by atoms with van der Waals surface area (Å²) in [5.41, 5.74) is 4.41. The lowest BCUT2D eigenvalue weighted by Crippen LogP contribution is -2.45. The molecule has 30 heavy (non-hydrogen) atoms. The lowest BCUT2D eigenvalue weighted by Gasteiger charge is -2.36. The second-order valence-electron chi connectivity index (χ2n) is 7.79. The SMILES string of the molecule is CC(=O)c1ccc(N2CCN(Cc3cccc(OCc4ccccc4)c3)CC2)cc1. The summed E-state index contributed by atoms with van der Waals surface area (Å²) in [7, 11) is 0. The quantitative estimate of drug-likeness (QED) is 0.534. The van der Waals surface area contributed by atoms with Crippen LogP contribution in [0.25, 0.3) is 0 Å². The van der Waals surface area contributed by atoms with Crippen LogP contribution in [-0.2, 0) is 13.2 Å². The fourth-order valence-electron chi connectivity index (χ4n) is 3.80. The lowest BCUT2D eigenvalue weighted by molar-refractivity contribution is 0.101. The minimum absolute atomic E-state index is 0.112. The highest BCUT2D eigenvalue weighted by Crippen LogP contribution is 2.20. The van der Waals surface area contributed by atoms with E-state index in [-0.39, 0.29) is 5.78 Å². The van der Waals surface area contributed by atoms with Crippen LogP contribution in [0.2, 0.25) is 0 Å². The molecule has 0 aliphatic carbocycles. The number of carbonyl (C=O) groups excluding carboxylic acids is 1. The summed E-state index contributed by atoms with van der Waals surface area (Å²) in [6, 6.07) is 26.6. The van der Waals surface area contributed by atoms with Gasteiger partial charge in [0.05, 0.1) is 0 Å². The Morgan fingerprint density at radius 3 is 2.23 bits per heavy atom. The molecule has 4 rings (SSSR count). The number of anilines is 1. The van der Waals surface area contributed by atoms with Crippen LogP contribution in [0.3, 0.4) is 0 Å². The van der Waals surface area contributed by atoms with Crippen LogP contribution in [0.4, 0.5) is 5.69 Å². The molecule has 0 atom stereocenters. The fourth-order valence-corrected chi connectivity index (χ4v) is 3.80. The van der Waals surface area contributed by atoms with Gasteiger partial charge in [-0.3, -0.25) is 9.69 Å². The van der Waals surface area contributed by atoms with E-state index in [1.165, 1.54) is 16.8 Å². The van der Waals surface area contributed by atoms with E-state index in [1.807, 2.05) is 36.4 Å². The van der Waals surface area contributed by atoms with Gasteiger partial charge in [-0.05, 0) is 54.4 Å². The highest BCUT2D eigenvalue weighted by Gasteiger charge is 2.17. The van der Waals surface area contributed by atoms with Crippen molar-refractivity contribution in [1.29, 1.82) is 0 Å². The average molecular weight is 401 g/mol. The number of rotatable bonds is 7. The van der Waals surface area contributed by atoms with E-state index < -0.39 is 0 Å². The summed E-state index contributed by atoms with van der Waals surface area (Å²) in [6.07, 6.45) is 0. The van der Waals surface area contributed by atoms with E-state index in [1.54, 1.807) is 6.92 Å². The van der Waals surface area contributed by atoms with Crippen molar-refractivity contribution in [3.05, 3.63) is 95.6 Å². The van der Waals surface area contributed by atoms with Crippen LogP contribution in [0, 0.1) is 0 Å². The molecule has 0 aromatic heterocycles. The molecule has 0 N–H and O–H groups in total. The highest BCUT2D eigenvalue weighted by molar-refractivity contribution is 5.94. The Labute approximate surface area is 178 Å². The van der Waals surface area contributed by atoms with Gasteiger partial charge in [0.2, 0.25) is 0 Å². The zero-order chi connectivity index (χ0) is 20.8. The third-order valence-electron chi connectivity index (χ3n) is 5.56. The van der Waals surface area contributed by atoms with Gasteiger partial charge in [0.25, 0.3) is 0 Å². The first kappa shape index (κ1) is 20.2. The van der Waals surface area contributed by atoms with Crippen molar-refractivity contribution < 1.29 is 9.53 Å². The highest BCUT2D eigenvalue weighted by atomic mass is 16.5.